The van der Waals surface area contributed by atoms with Crippen LogP contribution in [0, 0.1) is 0 Å². The Labute approximate surface area is 121 Å². The van der Waals surface area contributed by atoms with E-state index in [4.69, 9.17) is 0 Å². The Morgan fingerprint density at radius 2 is 1.75 bits per heavy atom. The van der Waals surface area contributed by atoms with E-state index in [2.05, 4.69) is 44.0 Å². The molecule has 1 saturated heterocycles. The normalized spacial score (nSPS) is 24.9. The third-order valence-electron chi connectivity index (χ3n) is 4.90. The summed E-state index contributed by atoms with van der Waals surface area (Å²) in [5, 5.41) is 12.6. The van der Waals surface area contributed by atoms with Crippen LogP contribution in [0.25, 0.3) is 0 Å². The number of tetrazole rings is 1. The van der Waals surface area contributed by atoms with Gasteiger partial charge in [0, 0.05) is 26.2 Å². The quantitative estimate of drug-likeness (QED) is 0.838. The highest BCUT2D eigenvalue weighted by atomic mass is 15.6. The average Bonchev–Trinajstić information content (AvgIpc) is 2.97. The Morgan fingerprint density at radius 1 is 1.05 bits per heavy atom. The van der Waals surface area contributed by atoms with Gasteiger partial charge in [-0.25, -0.2) is 4.68 Å². The summed E-state index contributed by atoms with van der Waals surface area (Å²) in [6.07, 6.45) is 6.45. The van der Waals surface area contributed by atoms with Crippen molar-refractivity contribution in [2.24, 2.45) is 0 Å². The van der Waals surface area contributed by atoms with Gasteiger partial charge in [0.25, 0.3) is 0 Å². The van der Waals surface area contributed by atoms with Gasteiger partial charge in [-0.15, -0.1) is 5.10 Å². The number of likely N-dealkylation sites (N-methyl/N-ethyl adjacent to an activating group) is 1. The van der Waals surface area contributed by atoms with Crippen molar-refractivity contribution in [3.8, 4) is 0 Å². The first-order chi connectivity index (χ1) is 9.75. The van der Waals surface area contributed by atoms with Gasteiger partial charge in [0.15, 0.2) is 5.82 Å². The van der Waals surface area contributed by atoms with Gasteiger partial charge >= 0.3 is 0 Å². The zero-order valence-corrected chi connectivity index (χ0v) is 12.7. The van der Waals surface area contributed by atoms with Crippen molar-refractivity contribution >= 4 is 0 Å². The van der Waals surface area contributed by atoms with Crippen LogP contribution >= 0.6 is 0 Å². The predicted octanol–water partition coefficient (Wildman–Crippen LogP) is 1.49. The summed E-state index contributed by atoms with van der Waals surface area (Å²) in [6, 6.07) is 0.837. The molecule has 112 valence electrons. The maximum Gasteiger partial charge on any atom is 0.168 e. The molecule has 20 heavy (non-hydrogen) atoms. The fourth-order valence-electron chi connectivity index (χ4n) is 3.43. The third-order valence-corrected chi connectivity index (χ3v) is 4.90. The first-order valence-electron chi connectivity index (χ1n) is 7.96. The minimum absolute atomic E-state index is 0.320. The topological polar surface area (TPSA) is 50.1 Å². The minimum Gasteiger partial charge on any atom is -0.304 e. The van der Waals surface area contributed by atoms with Crippen molar-refractivity contribution in [3.63, 3.8) is 0 Å². The zero-order valence-electron chi connectivity index (χ0n) is 12.7. The van der Waals surface area contributed by atoms with Crippen LogP contribution in [0.15, 0.2) is 0 Å². The van der Waals surface area contributed by atoms with Crippen LogP contribution in [0.1, 0.15) is 56.9 Å². The van der Waals surface area contributed by atoms with E-state index < -0.39 is 0 Å². The van der Waals surface area contributed by atoms with E-state index in [0.29, 0.717) is 12.1 Å². The minimum atomic E-state index is 0.320. The first-order valence-corrected chi connectivity index (χ1v) is 7.96. The summed E-state index contributed by atoms with van der Waals surface area (Å²) in [7, 11) is 2.19. The summed E-state index contributed by atoms with van der Waals surface area (Å²) in [4.78, 5) is 4.89. The van der Waals surface area contributed by atoms with Gasteiger partial charge in [0.05, 0.1) is 12.1 Å². The molecule has 1 aromatic heterocycles. The maximum atomic E-state index is 4.33. The van der Waals surface area contributed by atoms with Crippen LogP contribution in [0.2, 0.25) is 0 Å². The molecule has 6 nitrogen and oxygen atoms in total. The van der Waals surface area contributed by atoms with E-state index in [1.54, 1.807) is 0 Å². The molecule has 3 rings (SSSR count). The lowest BCUT2D eigenvalue weighted by atomic mass is 9.95. The maximum absolute atomic E-state index is 4.33. The number of hydrogen-bond acceptors (Lipinski definition) is 5. The van der Waals surface area contributed by atoms with Crippen molar-refractivity contribution in [2.75, 3.05) is 33.2 Å². The largest absolute Gasteiger partial charge is 0.304 e. The average molecular weight is 278 g/mol. The molecule has 2 aliphatic rings. The Bertz CT molecular complexity index is 417. The monoisotopic (exact) mass is 278 g/mol. The first kappa shape index (κ1) is 13.9. The third kappa shape index (κ3) is 2.86. The van der Waals surface area contributed by atoms with Crippen molar-refractivity contribution in [2.45, 2.75) is 51.1 Å². The van der Waals surface area contributed by atoms with E-state index >= 15 is 0 Å². The Hall–Kier alpha value is -1.01. The van der Waals surface area contributed by atoms with Gasteiger partial charge in [0.1, 0.15) is 0 Å². The summed E-state index contributed by atoms with van der Waals surface area (Å²) in [6.45, 7) is 6.73. The highest BCUT2D eigenvalue weighted by Gasteiger charge is 2.27. The molecule has 0 amide bonds. The molecule has 0 unspecified atom stereocenters. The molecular weight excluding hydrogens is 252 g/mol. The lowest BCUT2D eigenvalue weighted by molar-refractivity contribution is 0.111. The summed E-state index contributed by atoms with van der Waals surface area (Å²) >= 11 is 0. The van der Waals surface area contributed by atoms with Crippen LogP contribution in [-0.2, 0) is 0 Å². The van der Waals surface area contributed by atoms with Gasteiger partial charge in [-0.1, -0.05) is 19.3 Å². The lowest BCUT2D eigenvalue weighted by Crippen LogP contribution is -2.45. The molecule has 0 bridgehead atoms. The molecule has 1 atom stereocenters. The fraction of sp³-hybridized carbons (Fsp3) is 0.929. The smallest absolute Gasteiger partial charge is 0.168 e. The zero-order chi connectivity index (χ0) is 13.9. The molecule has 0 aromatic carbocycles. The van der Waals surface area contributed by atoms with Crippen LogP contribution in [0.4, 0.5) is 0 Å². The molecule has 0 radical (unpaired) electrons. The molecule has 0 N–H and O–H groups in total. The second-order valence-corrected chi connectivity index (χ2v) is 6.29. The lowest BCUT2D eigenvalue weighted by Gasteiger charge is -2.36. The van der Waals surface area contributed by atoms with Crippen molar-refractivity contribution < 1.29 is 0 Å². The molecule has 2 heterocycles. The summed E-state index contributed by atoms with van der Waals surface area (Å²) in [5.74, 6) is 1.06. The Balaban J connectivity index is 1.71. The van der Waals surface area contributed by atoms with Gasteiger partial charge in [-0.2, -0.15) is 0 Å². The van der Waals surface area contributed by atoms with E-state index in [9.17, 15) is 0 Å². The number of aromatic nitrogens is 4. The van der Waals surface area contributed by atoms with Gasteiger partial charge in [-0.3, -0.25) is 4.90 Å². The molecule has 6 heteroatoms. The number of rotatable bonds is 3. The van der Waals surface area contributed by atoms with Gasteiger partial charge in [0.2, 0.25) is 0 Å². The van der Waals surface area contributed by atoms with Crippen LogP contribution in [0.3, 0.4) is 0 Å². The standard InChI is InChI=1S/C14H26N6/c1-12(19-10-8-18(2)9-11-19)14-15-16-17-20(14)13-6-4-3-5-7-13/h12-13H,3-11H2,1-2H3/t12-/m0/s1. The van der Waals surface area contributed by atoms with Crippen LogP contribution < -0.4 is 0 Å². The van der Waals surface area contributed by atoms with E-state index in [1.807, 2.05) is 0 Å². The second-order valence-electron chi connectivity index (χ2n) is 6.29. The van der Waals surface area contributed by atoms with E-state index in [0.717, 1.165) is 32.0 Å². The van der Waals surface area contributed by atoms with Gasteiger partial charge in [-0.05, 0) is 37.2 Å². The molecule has 1 aliphatic heterocycles. The highest BCUT2D eigenvalue weighted by Crippen LogP contribution is 2.30. The van der Waals surface area contributed by atoms with Crippen LogP contribution in [0.5, 0.6) is 0 Å². The van der Waals surface area contributed by atoms with Crippen molar-refractivity contribution in [1.29, 1.82) is 0 Å². The Kier molecular flexibility index (Phi) is 4.31. The fourth-order valence-corrected chi connectivity index (χ4v) is 3.43. The summed E-state index contributed by atoms with van der Waals surface area (Å²) < 4.78 is 2.11. The molecule has 1 aliphatic carbocycles. The summed E-state index contributed by atoms with van der Waals surface area (Å²) in [5.41, 5.74) is 0. The molecular formula is C14H26N6. The number of nitrogens with zero attached hydrogens (tertiary/aromatic N) is 6. The predicted molar refractivity (Wildman–Crippen MR) is 77.4 cm³/mol. The highest BCUT2D eigenvalue weighted by molar-refractivity contribution is 4.95. The van der Waals surface area contributed by atoms with Gasteiger partial charge < -0.3 is 4.90 Å². The molecule has 0 spiro atoms. The SMILES string of the molecule is C[C@@H](c1nnnn1C1CCCCC1)N1CCN(C)CC1. The van der Waals surface area contributed by atoms with Crippen LogP contribution in [-0.4, -0.2) is 63.2 Å². The van der Waals surface area contributed by atoms with Crippen molar-refractivity contribution in [3.05, 3.63) is 5.82 Å². The molecule has 1 saturated carbocycles. The molecule has 1 aromatic rings. The van der Waals surface area contributed by atoms with E-state index in [-0.39, 0.29) is 0 Å². The van der Waals surface area contributed by atoms with Crippen molar-refractivity contribution in [1.82, 2.24) is 30.0 Å². The number of hydrogen-bond donors (Lipinski definition) is 0. The van der Waals surface area contributed by atoms with E-state index in [1.165, 1.54) is 32.1 Å². The Morgan fingerprint density at radius 3 is 2.45 bits per heavy atom. The number of piperazine rings is 1. The second kappa shape index (κ2) is 6.18. The molecule has 2 fully saturated rings.